The van der Waals surface area contributed by atoms with Crippen molar-refractivity contribution in [3.63, 3.8) is 0 Å². The smallest absolute Gasteiger partial charge is 0.202 e. The fourth-order valence-electron chi connectivity index (χ4n) is 2.58. The van der Waals surface area contributed by atoms with Gasteiger partial charge in [0.25, 0.3) is 0 Å². The second kappa shape index (κ2) is 6.84. The van der Waals surface area contributed by atoms with Crippen molar-refractivity contribution < 1.29 is 0 Å². The highest BCUT2D eigenvalue weighted by atomic mass is 32.1. The lowest BCUT2D eigenvalue weighted by molar-refractivity contribution is 0.455. The average Bonchev–Trinajstić information content (AvgIpc) is 2.97. The van der Waals surface area contributed by atoms with E-state index >= 15 is 0 Å². The van der Waals surface area contributed by atoms with E-state index < -0.39 is 0 Å². The van der Waals surface area contributed by atoms with Crippen molar-refractivity contribution in [3.8, 4) is 0 Å². The lowest BCUT2D eigenvalue weighted by Crippen LogP contribution is -2.27. The van der Waals surface area contributed by atoms with Crippen molar-refractivity contribution >= 4 is 16.7 Å². The third kappa shape index (κ3) is 2.85. The Morgan fingerprint density at radius 2 is 1.80 bits per heavy atom. The van der Waals surface area contributed by atoms with E-state index in [0.29, 0.717) is 0 Å². The summed E-state index contributed by atoms with van der Waals surface area (Å²) in [7, 11) is 0. The minimum atomic E-state index is -0.0656. The van der Waals surface area contributed by atoms with Gasteiger partial charge in [0.15, 0.2) is 5.82 Å². The molecule has 0 spiro atoms. The molecule has 1 N–H and O–H groups in total. The first-order chi connectivity index (χ1) is 9.76. The summed E-state index contributed by atoms with van der Waals surface area (Å²) in [6.45, 7) is 7.54. The first-order valence-electron chi connectivity index (χ1n) is 7.40. The predicted octanol–water partition coefficient (Wildman–Crippen LogP) is 4.47. The molecule has 3 nitrogen and oxygen atoms in total. The van der Waals surface area contributed by atoms with E-state index in [0.717, 1.165) is 36.8 Å². The van der Waals surface area contributed by atoms with Crippen molar-refractivity contribution in [2.45, 2.75) is 45.4 Å². The number of aromatic nitrogens is 2. The number of rotatable bonds is 7. The van der Waals surface area contributed by atoms with Crippen LogP contribution in [0.5, 0.6) is 0 Å². The first kappa shape index (κ1) is 15.0. The zero-order valence-corrected chi connectivity index (χ0v) is 13.3. The second-order valence-corrected chi connectivity index (χ2v) is 5.76. The van der Waals surface area contributed by atoms with Crippen molar-refractivity contribution in [2.75, 3.05) is 11.9 Å². The van der Waals surface area contributed by atoms with Crippen LogP contribution in [0.25, 0.3) is 0 Å². The SMILES string of the molecule is CCCNc1nc(C(CC)(CC)c2ccccc2)ns1. The molecule has 1 aromatic heterocycles. The van der Waals surface area contributed by atoms with E-state index in [1.54, 1.807) is 0 Å². The summed E-state index contributed by atoms with van der Waals surface area (Å²) in [5.41, 5.74) is 1.24. The van der Waals surface area contributed by atoms with E-state index in [4.69, 9.17) is 4.98 Å². The van der Waals surface area contributed by atoms with E-state index in [1.165, 1.54) is 17.1 Å². The molecule has 0 saturated heterocycles. The van der Waals surface area contributed by atoms with Crippen molar-refractivity contribution in [1.29, 1.82) is 0 Å². The predicted molar refractivity (Wildman–Crippen MR) is 86.5 cm³/mol. The van der Waals surface area contributed by atoms with Gasteiger partial charge in [0.1, 0.15) is 0 Å². The van der Waals surface area contributed by atoms with Crippen LogP contribution in [0.15, 0.2) is 30.3 Å². The van der Waals surface area contributed by atoms with Crippen molar-refractivity contribution in [1.82, 2.24) is 9.36 Å². The molecule has 2 rings (SSSR count). The van der Waals surface area contributed by atoms with Gasteiger partial charge in [0.2, 0.25) is 5.13 Å². The van der Waals surface area contributed by atoms with Gasteiger partial charge in [-0.3, -0.25) is 0 Å². The molecule has 0 fully saturated rings. The molecule has 0 amide bonds. The molecule has 1 aromatic carbocycles. The zero-order valence-electron chi connectivity index (χ0n) is 12.5. The number of anilines is 1. The number of hydrogen-bond donors (Lipinski definition) is 1. The van der Waals surface area contributed by atoms with Gasteiger partial charge in [0, 0.05) is 18.1 Å². The van der Waals surface area contributed by atoms with E-state index in [1.807, 2.05) is 0 Å². The highest BCUT2D eigenvalue weighted by Gasteiger charge is 2.34. The quantitative estimate of drug-likeness (QED) is 0.817. The minimum Gasteiger partial charge on any atom is -0.360 e. The molecular weight excluding hydrogens is 266 g/mol. The first-order valence-corrected chi connectivity index (χ1v) is 8.17. The van der Waals surface area contributed by atoms with E-state index in [9.17, 15) is 0 Å². The number of nitrogens with one attached hydrogen (secondary N) is 1. The molecular formula is C16H23N3S. The molecule has 1 heterocycles. The summed E-state index contributed by atoms with van der Waals surface area (Å²) in [5, 5.41) is 4.27. The van der Waals surface area contributed by atoms with Gasteiger partial charge in [-0.15, -0.1) is 0 Å². The summed E-state index contributed by atoms with van der Waals surface area (Å²) in [6.07, 6.45) is 3.12. The molecule has 0 aliphatic heterocycles. The minimum absolute atomic E-state index is 0.0656. The van der Waals surface area contributed by atoms with Gasteiger partial charge in [0.05, 0.1) is 5.41 Å². The standard InChI is InChI=1S/C16H23N3S/c1-4-12-17-15-18-14(19-20-15)16(5-2,6-3)13-10-8-7-9-11-13/h7-11H,4-6,12H2,1-3H3,(H,17,18,19). The molecule has 0 saturated carbocycles. The van der Waals surface area contributed by atoms with E-state index in [-0.39, 0.29) is 5.41 Å². The normalized spacial score (nSPS) is 11.6. The Hall–Kier alpha value is -1.42. The largest absolute Gasteiger partial charge is 0.360 e. The Morgan fingerprint density at radius 1 is 1.10 bits per heavy atom. The van der Waals surface area contributed by atoms with Gasteiger partial charge < -0.3 is 5.32 Å². The molecule has 0 atom stereocenters. The Labute approximate surface area is 125 Å². The third-order valence-corrected chi connectivity index (χ3v) is 4.59. The Morgan fingerprint density at radius 3 is 2.40 bits per heavy atom. The van der Waals surface area contributed by atoms with Crippen LogP contribution in [-0.2, 0) is 5.41 Å². The van der Waals surface area contributed by atoms with Crippen LogP contribution in [0.4, 0.5) is 5.13 Å². The molecule has 0 aliphatic rings. The van der Waals surface area contributed by atoms with E-state index in [2.05, 4.69) is 60.8 Å². The van der Waals surface area contributed by atoms with Crippen LogP contribution >= 0.6 is 11.5 Å². The van der Waals surface area contributed by atoms with Gasteiger partial charge in [-0.2, -0.15) is 4.37 Å². The molecule has 108 valence electrons. The van der Waals surface area contributed by atoms with Crippen molar-refractivity contribution in [3.05, 3.63) is 41.7 Å². The fourth-order valence-corrected chi connectivity index (χ4v) is 3.26. The topological polar surface area (TPSA) is 37.8 Å². The molecule has 0 unspecified atom stereocenters. The van der Waals surface area contributed by atoms with Crippen molar-refractivity contribution in [2.24, 2.45) is 0 Å². The summed E-state index contributed by atoms with van der Waals surface area (Å²) in [6, 6.07) is 10.6. The number of benzene rings is 1. The fraction of sp³-hybridized carbons (Fsp3) is 0.500. The average molecular weight is 289 g/mol. The maximum atomic E-state index is 4.73. The van der Waals surface area contributed by atoms with Crippen LogP contribution in [0.2, 0.25) is 0 Å². The molecule has 2 aromatic rings. The monoisotopic (exact) mass is 289 g/mol. The summed E-state index contributed by atoms with van der Waals surface area (Å²) >= 11 is 1.47. The van der Waals surface area contributed by atoms with Gasteiger partial charge in [-0.05, 0) is 24.8 Å². The van der Waals surface area contributed by atoms with Crippen LogP contribution in [-0.4, -0.2) is 15.9 Å². The van der Waals surface area contributed by atoms with Gasteiger partial charge >= 0.3 is 0 Å². The third-order valence-electron chi connectivity index (χ3n) is 3.91. The van der Waals surface area contributed by atoms with Crippen LogP contribution in [0.1, 0.15) is 51.4 Å². The lowest BCUT2D eigenvalue weighted by atomic mass is 9.75. The Kier molecular flexibility index (Phi) is 5.12. The lowest BCUT2D eigenvalue weighted by Gasteiger charge is -2.29. The highest BCUT2D eigenvalue weighted by Crippen LogP contribution is 2.38. The second-order valence-electron chi connectivity index (χ2n) is 5.01. The Bertz CT molecular complexity index is 518. The molecule has 0 bridgehead atoms. The van der Waals surface area contributed by atoms with Gasteiger partial charge in [-0.25, -0.2) is 4.98 Å². The number of nitrogens with zero attached hydrogens (tertiary/aromatic N) is 2. The highest BCUT2D eigenvalue weighted by molar-refractivity contribution is 7.09. The summed E-state index contributed by atoms with van der Waals surface area (Å²) < 4.78 is 4.63. The number of hydrogen-bond acceptors (Lipinski definition) is 4. The summed E-state index contributed by atoms with van der Waals surface area (Å²) in [5.74, 6) is 0.956. The molecule has 20 heavy (non-hydrogen) atoms. The summed E-state index contributed by atoms with van der Waals surface area (Å²) in [4.78, 5) is 4.73. The maximum absolute atomic E-state index is 4.73. The Balaban J connectivity index is 2.35. The molecule has 0 radical (unpaired) electrons. The zero-order chi connectivity index (χ0) is 14.4. The van der Waals surface area contributed by atoms with Gasteiger partial charge in [-0.1, -0.05) is 51.1 Å². The molecule has 0 aliphatic carbocycles. The maximum Gasteiger partial charge on any atom is 0.202 e. The molecule has 4 heteroatoms. The van der Waals surface area contributed by atoms with Crippen LogP contribution in [0, 0.1) is 0 Å². The van der Waals surface area contributed by atoms with Crippen LogP contribution in [0.3, 0.4) is 0 Å². The van der Waals surface area contributed by atoms with Crippen LogP contribution < -0.4 is 5.32 Å².